The molecule has 1 saturated carbocycles. The van der Waals surface area contributed by atoms with Crippen LogP contribution in [0.15, 0.2) is 0 Å². The monoisotopic (exact) mass is 155 g/mol. The lowest BCUT2D eigenvalue weighted by Crippen LogP contribution is -2.39. The van der Waals surface area contributed by atoms with Gasteiger partial charge in [0.2, 0.25) is 0 Å². The summed E-state index contributed by atoms with van der Waals surface area (Å²) in [7, 11) is 0. The SMILES string of the molecule is C1CCOC2CCCC2NC1. The Hall–Kier alpha value is -0.0800. The van der Waals surface area contributed by atoms with Crippen molar-refractivity contribution >= 4 is 0 Å². The quantitative estimate of drug-likeness (QED) is 0.569. The maximum absolute atomic E-state index is 5.74. The summed E-state index contributed by atoms with van der Waals surface area (Å²) in [6, 6.07) is 0.676. The van der Waals surface area contributed by atoms with Gasteiger partial charge in [-0.2, -0.15) is 0 Å². The van der Waals surface area contributed by atoms with Gasteiger partial charge in [-0.15, -0.1) is 0 Å². The van der Waals surface area contributed by atoms with Crippen molar-refractivity contribution in [2.45, 2.75) is 44.2 Å². The van der Waals surface area contributed by atoms with Crippen LogP contribution < -0.4 is 5.32 Å². The number of ether oxygens (including phenoxy) is 1. The number of hydrogen-bond donors (Lipinski definition) is 1. The van der Waals surface area contributed by atoms with Crippen molar-refractivity contribution in [3.05, 3.63) is 0 Å². The van der Waals surface area contributed by atoms with E-state index >= 15 is 0 Å². The highest BCUT2D eigenvalue weighted by Gasteiger charge is 2.27. The zero-order valence-corrected chi connectivity index (χ0v) is 7.01. The number of fused-ring (bicyclic) bond motifs is 1. The summed E-state index contributed by atoms with van der Waals surface area (Å²) >= 11 is 0. The fraction of sp³-hybridized carbons (Fsp3) is 1.00. The van der Waals surface area contributed by atoms with Gasteiger partial charge in [-0.1, -0.05) is 0 Å². The van der Waals surface area contributed by atoms with Crippen molar-refractivity contribution in [1.82, 2.24) is 5.32 Å². The van der Waals surface area contributed by atoms with Crippen LogP contribution in [0.1, 0.15) is 32.1 Å². The van der Waals surface area contributed by atoms with Crippen molar-refractivity contribution in [3.8, 4) is 0 Å². The first-order valence-corrected chi connectivity index (χ1v) is 4.82. The van der Waals surface area contributed by atoms with Gasteiger partial charge in [0.25, 0.3) is 0 Å². The van der Waals surface area contributed by atoms with Crippen LogP contribution in [-0.4, -0.2) is 25.3 Å². The second kappa shape index (κ2) is 3.55. The molecule has 1 aliphatic heterocycles. The van der Waals surface area contributed by atoms with Crippen molar-refractivity contribution in [2.24, 2.45) is 0 Å². The van der Waals surface area contributed by atoms with Gasteiger partial charge in [0.15, 0.2) is 0 Å². The molecule has 2 aliphatic rings. The van der Waals surface area contributed by atoms with Crippen LogP contribution in [-0.2, 0) is 4.74 Å². The summed E-state index contributed by atoms with van der Waals surface area (Å²) < 4.78 is 5.74. The maximum Gasteiger partial charge on any atom is 0.0728 e. The molecule has 0 amide bonds. The summed E-state index contributed by atoms with van der Waals surface area (Å²) in [6.45, 7) is 2.19. The Bertz CT molecular complexity index is 113. The third-order valence-corrected chi connectivity index (χ3v) is 2.76. The third kappa shape index (κ3) is 1.74. The van der Waals surface area contributed by atoms with Crippen LogP contribution in [0.4, 0.5) is 0 Å². The Morgan fingerprint density at radius 3 is 3.09 bits per heavy atom. The van der Waals surface area contributed by atoms with Crippen molar-refractivity contribution in [2.75, 3.05) is 13.2 Å². The molecule has 1 saturated heterocycles. The van der Waals surface area contributed by atoms with Crippen LogP contribution in [0.3, 0.4) is 0 Å². The van der Waals surface area contributed by atoms with Crippen LogP contribution in [0, 0.1) is 0 Å². The van der Waals surface area contributed by atoms with Gasteiger partial charge >= 0.3 is 0 Å². The first-order chi connectivity index (χ1) is 5.47. The molecule has 2 fully saturated rings. The van der Waals surface area contributed by atoms with E-state index in [0.29, 0.717) is 12.1 Å². The van der Waals surface area contributed by atoms with E-state index in [-0.39, 0.29) is 0 Å². The fourth-order valence-electron chi connectivity index (χ4n) is 2.11. The molecule has 0 aromatic heterocycles. The maximum atomic E-state index is 5.74. The number of nitrogens with one attached hydrogen (secondary N) is 1. The molecule has 0 aromatic rings. The minimum atomic E-state index is 0.537. The molecular weight excluding hydrogens is 138 g/mol. The molecule has 2 atom stereocenters. The molecule has 0 radical (unpaired) electrons. The van der Waals surface area contributed by atoms with Gasteiger partial charge < -0.3 is 10.1 Å². The van der Waals surface area contributed by atoms with Gasteiger partial charge in [0.05, 0.1) is 6.10 Å². The van der Waals surface area contributed by atoms with E-state index < -0.39 is 0 Å². The predicted molar refractivity (Wildman–Crippen MR) is 44.6 cm³/mol. The molecule has 0 aromatic carbocycles. The first kappa shape index (κ1) is 7.56. The van der Waals surface area contributed by atoms with Crippen LogP contribution >= 0.6 is 0 Å². The number of rotatable bonds is 0. The van der Waals surface area contributed by atoms with Crippen molar-refractivity contribution in [3.63, 3.8) is 0 Å². The molecule has 2 rings (SSSR count). The van der Waals surface area contributed by atoms with E-state index in [4.69, 9.17) is 4.74 Å². The lowest BCUT2D eigenvalue weighted by Gasteiger charge is -2.24. The summed E-state index contributed by atoms with van der Waals surface area (Å²) in [5.74, 6) is 0. The highest BCUT2D eigenvalue weighted by atomic mass is 16.5. The highest BCUT2D eigenvalue weighted by Crippen LogP contribution is 2.23. The molecule has 64 valence electrons. The largest absolute Gasteiger partial charge is 0.377 e. The van der Waals surface area contributed by atoms with E-state index in [2.05, 4.69) is 5.32 Å². The van der Waals surface area contributed by atoms with Crippen molar-refractivity contribution < 1.29 is 4.74 Å². The van der Waals surface area contributed by atoms with Gasteiger partial charge in [0, 0.05) is 12.6 Å². The zero-order chi connectivity index (χ0) is 7.52. The summed E-state index contributed by atoms with van der Waals surface area (Å²) in [6.07, 6.45) is 7.00. The summed E-state index contributed by atoms with van der Waals surface area (Å²) in [5, 5.41) is 3.56. The average Bonchev–Trinajstić information content (AvgIpc) is 2.35. The molecule has 1 heterocycles. The second-order valence-electron chi connectivity index (χ2n) is 3.61. The molecule has 2 heteroatoms. The molecular formula is C9H17NO. The lowest BCUT2D eigenvalue weighted by molar-refractivity contribution is 0.0296. The van der Waals surface area contributed by atoms with Gasteiger partial charge in [0.1, 0.15) is 0 Å². The Morgan fingerprint density at radius 2 is 2.09 bits per heavy atom. The van der Waals surface area contributed by atoms with Crippen LogP contribution in [0.25, 0.3) is 0 Å². The molecule has 1 N–H and O–H groups in total. The van der Waals surface area contributed by atoms with E-state index in [1.165, 1.54) is 38.6 Å². The smallest absolute Gasteiger partial charge is 0.0728 e. The topological polar surface area (TPSA) is 21.3 Å². The Balaban J connectivity index is 1.89. The van der Waals surface area contributed by atoms with E-state index in [1.54, 1.807) is 0 Å². The Kier molecular flexibility index (Phi) is 2.44. The molecule has 1 aliphatic carbocycles. The third-order valence-electron chi connectivity index (χ3n) is 2.76. The Labute approximate surface area is 68.3 Å². The summed E-state index contributed by atoms with van der Waals surface area (Å²) in [4.78, 5) is 0. The van der Waals surface area contributed by atoms with E-state index in [0.717, 1.165) is 6.61 Å². The minimum absolute atomic E-state index is 0.537. The molecule has 2 unspecified atom stereocenters. The van der Waals surface area contributed by atoms with Crippen LogP contribution in [0.5, 0.6) is 0 Å². The Morgan fingerprint density at radius 1 is 1.09 bits per heavy atom. The number of hydrogen-bond acceptors (Lipinski definition) is 2. The highest BCUT2D eigenvalue weighted by molar-refractivity contribution is 4.84. The van der Waals surface area contributed by atoms with Crippen molar-refractivity contribution in [1.29, 1.82) is 0 Å². The van der Waals surface area contributed by atoms with Gasteiger partial charge in [-0.3, -0.25) is 0 Å². The average molecular weight is 155 g/mol. The van der Waals surface area contributed by atoms with E-state index in [9.17, 15) is 0 Å². The lowest BCUT2D eigenvalue weighted by atomic mass is 10.2. The molecule has 2 nitrogen and oxygen atoms in total. The second-order valence-corrected chi connectivity index (χ2v) is 3.61. The molecule has 0 bridgehead atoms. The molecule has 0 spiro atoms. The first-order valence-electron chi connectivity index (χ1n) is 4.82. The zero-order valence-electron chi connectivity index (χ0n) is 7.01. The van der Waals surface area contributed by atoms with E-state index in [1.807, 2.05) is 0 Å². The molecule has 11 heavy (non-hydrogen) atoms. The fourth-order valence-corrected chi connectivity index (χ4v) is 2.11. The minimum Gasteiger partial charge on any atom is -0.377 e. The van der Waals surface area contributed by atoms with Gasteiger partial charge in [-0.25, -0.2) is 0 Å². The standard InChI is InChI=1S/C9H17NO/c1-2-7-11-9-5-3-4-8(9)10-6-1/h8-10H,1-7H2. The normalized spacial score (nSPS) is 39.3. The van der Waals surface area contributed by atoms with Gasteiger partial charge in [-0.05, 0) is 38.6 Å². The van der Waals surface area contributed by atoms with Crippen LogP contribution in [0.2, 0.25) is 0 Å². The summed E-state index contributed by atoms with van der Waals surface area (Å²) in [5.41, 5.74) is 0. The predicted octanol–water partition coefficient (Wildman–Crippen LogP) is 1.31.